The molecule has 0 spiro atoms. The SMILES string of the molecule is Cc1cc(C)c(-c2nccc(C3=CCC4=C(CCNC4=O)N3)n2)cc1C. The Balaban J connectivity index is 1.67. The molecule has 0 saturated carbocycles. The van der Waals surface area contributed by atoms with Crippen LogP contribution in [0.5, 0.6) is 0 Å². The topological polar surface area (TPSA) is 66.9 Å². The van der Waals surface area contributed by atoms with Gasteiger partial charge in [0.25, 0.3) is 0 Å². The average Bonchev–Trinajstić information content (AvgIpc) is 2.65. The largest absolute Gasteiger partial charge is 0.357 e. The van der Waals surface area contributed by atoms with Crippen LogP contribution in [0.15, 0.2) is 41.7 Å². The van der Waals surface area contributed by atoms with Crippen molar-refractivity contribution in [3.8, 4) is 11.4 Å². The van der Waals surface area contributed by atoms with Crippen molar-refractivity contribution in [1.29, 1.82) is 0 Å². The molecule has 1 aromatic heterocycles. The maximum absolute atomic E-state index is 11.9. The number of aryl methyl sites for hydroxylation is 3. The smallest absolute Gasteiger partial charge is 0.249 e. The Morgan fingerprint density at radius 3 is 2.73 bits per heavy atom. The van der Waals surface area contributed by atoms with E-state index in [2.05, 4.69) is 48.5 Å². The van der Waals surface area contributed by atoms with Crippen LogP contribution in [0.25, 0.3) is 17.1 Å². The van der Waals surface area contributed by atoms with E-state index in [0.717, 1.165) is 40.5 Å². The molecule has 1 aromatic carbocycles. The van der Waals surface area contributed by atoms with Crippen LogP contribution in [0.2, 0.25) is 0 Å². The Bertz CT molecular complexity index is 972. The molecule has 26 heavy (non-hydrogen) atoms. The first kappa shape index (κ1) is 16.5. The van der Waals surface area contributed by atoms with E-state index in [0.29, 0.717) is 13.0 Å². The number of aromatic nitrogens is 2. The predicted octanol–water partition coefficient (Wildman–Crippen LogP) is 3.18. The summed E-state index contributed by atoms with van der Waals surface area (Å²) >= 11 is 0. The van der Waals surface area contributed by atoms with Crippen molar-refractivity contribution in [1.82, 2.24) is 20.6 Å². The minimum absolute atomic E-state index is 0.0307. The van der Waals surface area contributed by atoms with E-state index in [9.17, 15) is 4.79 Å². The molecule has 0 aliphatic carbocycles. The van der Waals surface area contributed by atoms with E-state index in [1.807, 2.05) is 12.1 Å². The van der Waals surface area contributed by atoms with Crippen molar-refractivity contribution in [2.75, 3.05) is 6.54 Å². The molecule has 132 valence electrons. The molecular weight excluding hydrogens is 324 g/mol. The van der Waals surface area contributed by atoms with Gasteiger partial charge in [-0.15, -0.1) is 0 Å². The summed E-state index contributed by atoms with van der Waals surface area (Å²) in [7, 11) is 0. The van der Waals surface area contributed by atoms with Gasteiger partial charge in [0.1, 0.15) is 0 Å². The van der Waals surface area contributed by atoms with Crippen LogP contribution in [0.3, 0.4) is 0 Å². The van der Waals surface area contributed by atoms with Crippen LogP contribution < -0.4 is 10.6 Å². The Morgan fingerprint density at radius 1 is 1.08 bits per heavy atom. The minimum atomic E-state index is 0.0307. The number of rotatable bonds is 2. The van der Waals surface area contributed by atoms with E-state index in [4.69, 9.17) is 4.98 Å². The number of nitrogens with zero attached hydrogens (tertiary/aromatic N) is 2. The van der Waals surface area contributed by atoms with Crippen molar-refractivity contribution in [2.24, 2.45) is 0 Å². The number of hydrogen-bond acceptors (Lipinski definition) is 4. The van der Waals surface area contributed by atoms with Crippen LogP contribution in [0.4, 0.5) is 0 Å². The Kier molecular flexibility index (Phi) is 4.07. The first-order valence-electron chi connectivity index (χ1n) is 8.92. The van der Waals surface area contributed by atoms with Crippen LogP contribution in [0, 0.1) is 20.8 Å². The van der Waals surface area contributed by atoms with Gasteiger partial charge in [-0.05, 0) is 56.0 Å². The molecule has 2 aliphatic heterocycles. The third-order valence-electron chi connectivity index (χ3n) is 5.11. The van der Waals surface area contributed by atoms with E-state index in [1.54, 1.807) is 6.20 Å². The molecule has 5 nitrogen and oxygen atoms in total. The molecule has 0 fully saturated rings. The van der Waals surface area contributed by atoms with Gasteiger partial charge in [-0.3, -0.25) is 4.79 Å². The lowest BCUT2D eigenvalue weighted by Crippen LogP contribution is -2.36. The molecule has 2 N–H and O–H groups in total. The zero-order valence-electron chi connectivity index (χ0n) is 15.3. The zero-order valence-corrected chi connectivity index (χ0v) is 15.3. The second kappa shape index (κ2) is 6.41. The molecule has 2 aromatic rings. The highest BCUT2D eigenvalue weighted by atomic mass is 16.1. The summed E-state index contributed by atoms with van der Waals surface area (Å²) in [4.78, 5) is 21.2. The maximum Gasteiger partial charge on any atom is 0.249 e. The van der Waals surface area contributed by atoms with Gasteiger partial charge in [-0.25, -0.2) is 9.97 Å². The molecule has 0 bridgehead atoms. The Hall–Kier alpha value is -2.95. The summed E-state index contributed by atoms with van der Waals surface area (Å²) < 4.78 is 0. The van der Waals surface area contributed by atoms with E-state index < -0.39 is 0 Å². The lowest BCUT2D eigenvalue weighted by Gasteiger charge is -2.26. The molecule has 2 aliphatic rings. The lowest BCUT2D eigenvalue weighted by atomic mass is 9.98. The van der Waals surface area contributed by atoms with Gasteiger partial charge in [-0.2, -0.15) is 0 Å². The lowest BCUT2D eigenvalue weighted by molar-refractivity contribution is -0.118. The summed E-state index contributed by atoms with van der Waals surface area (Å²) in [5.41, 5.74) is 8.38. The van der Waals surface area contributed by atoms with E-state index in [-0.39, 0.29) is 5.91 Å². The first-order chi connectivity index (χ1) is 12.5. The van der Waals surface area contributed by atoms with Crippen molar-refractivity contribution >= 4 is 11.6 Å². The summed E-state index contributed by atoms with van der Waals surface area (Å²) in [6, 6.07) is 6.24. The molecule has 0 radical (unpaired) electrons. The molecule has 0 atom stereocenters. The average molecular weight is 346 g/mol. The van der Waals surface area contributed by atoms with Gasteiger partial charge in [0.05, 0.1) is 11.4 Å². The second-order valence-corrected chi connectivity index (χ2v) is 6.93. The molecule has 5 heteroatoms. The second-order valence-electron chi connectivity index (χ2n) is 6.93. The number of carbonyl (C=O) groups is 1. The van der Waals surface area contributed by atoms with Crippen molar-refractivity contribution in [3.05, 3.63) is 64.1 Å². The molecule has 4 rings (SSSR count). The Morgan fingerprint density at radius 2 is 1.88 bits per heavy atom. The highest BCUT2D eigenvalue weighted by Crippen LogP contribution is 2.27. The normalized spacial score (nSPS) is 16.6. The van der Waals surface area contributed by atoms with Crippen molar-refractivity contribution < 1.29 is 4.79 Å². The molecule has 0 unspecified atom stereocenters. The van der Waals surface area contributed by atoms with Crippen molar-refractivity contribution in [3.63, 3.8) is 0 Å². The summed E-state index contributed by atoms with van der Waals surface area (Å²) in [5, 5.41) is 6.30. The fourth-order valence-electron chi connectivity index (χ4n) is 3.48. The highest BCUT2D eigenvalue weighted by molar-refractivity contribution is 5.96. The standard InChI is InChI=1S/C21H22N4O/c1-12-10-14(3)16(11-13(12)2)20-22-8-7-19(25-20)18-5-4-15-17(24-18)6-9-23-21(15)26/h5,7-8,10-11,24H,4,6,9H2,1-3H3,(H,23,26). The van der Waals surface area contributed by atoms with Crippen LogP contribution in [0.1, 0.15) is 35.2 Å². The number of hydrogen-bond donors (Lipinski definition) is 2. The van der Waals surface area contributed by atoms with Crippen LogP contribution in [-0.4, -0.2) is 22.4 Å². The number of benzene rings is 1. The monoisotopic (exact) mass is 346 g/mol. The number of allylic oxidation sites excluding steroid dienone is 1. The third-order valence-corrected chi connectivity index (χ3v) is 5.11. The van der Waals surface area contributed by atoms with Gasteiger partial charge in [-0.1, -0.05) is 12.1 Å². The predicted molar refractivity (Wildman–Crippen MR) is 102 cm³/mol. The maximum atomic E-state index is 11.9. The summed E-state index contributed by atoms with van der Waals surface area (Å²) in [5.74, 6) is 0.759. The van der Waals surface area contributed by atoms with Crippen LogP contribution in [-0.2, 0) is 4.79 Å². The van der Waals surface area contributed by atoms with E-state index >= 15 is 0 Å². The number of nitrogens with one attached hydrogen (secondary N) is 2. The first-order valence-corrected chi connectivity index (χ1v) is 8.92. The van der Waals surface area contributed by atoms with Gasteiger partial charge in [0, 0.05) is 36.0 Å². The Labute approximate surface area is 153 Å². The number of carbonyl (C=O) groups excluding carboxylic acids is 1. The highest BCUT2D eigenvalue weighted by Gasteiger charge is 2.24. The molecule has 0 saturated heterocycles. The number of dihydropyridines is 1. The van der Waals surface area contributed by atoms with E-state index in [1.165, 1.54) is 16.7 Å². The van der Waals surface area contributed by atoms with Gasteiger partial charge in [0.2, 0.25) is 5.91 Å². The van der Waals surface area contributed by atoms with Crippen LogP contribution >= 0.6 is 0 Å². The van der Waals surface area contributed by atoms with Crippen molar-refractivity contribution in [2.45, 2.75) is 33.6 Å². The summed E-state index contributed by atoms with van der Waals surface area (Å²) in [6.07, 6.45) is 5.29. The zero-order chi connectivity index (χ0) is 18.3. The van der Waals surface area contributed by atoms with Gasteiger partial charge >= 0.3 is 0 Å². The van der Waals surface area contributed by atoms with Gasteiger partial charge < -0.3 is 10.6 Å². The fourth-order valence-corrected chi connectivity index (χ4v) is 3.48. The number of amides is 1. The molecule has 1 amide bonds. The summed E-state index contributed by atoms with van der Waals surface area (Å²) in [6.45, 7) is 6.99. The minimum Gasteiger partial charge on any atom is -0.357 e. The molecular formula is C21H22N4O. The van der Waals surface area contributed by atoms with Gasteiger partial charge in [0.15, 0.2) is 5.82 Å². The fraction of sp³-hybridized carbons (Fsp3) is 0.286. The quantitative estimate of drug-likeness (QED) is 0.876. The molecule has 3 heterocycles. The third kappa shape index (κ3) is 2.90.